The second-order valence-electron chi connectivity index (χ2n) is 3.53. The standard InChI is InChI=1S/C10H6Cl3N3O3/c1-3-7(16-19-15-3)10(18)14-8-6(13)4(11)2-5(12)9(8)17/h2,17H,1H3,(H,14,18). The number of aryl methyl sites for hydroxylation is 1. The molecule has 100 valence electrons. The van der Waals surface area contributed by atoms with Crippen molar-refractivity contribution in [2.24, 2.45) is 0 Å². The van der Waals surface area contributed by atoms with Gasteiger partial charge in [-0.3, -0.25) is 4.79 Å². The van der Waals surface area contributed by atoms with Crippen LogP contribution in [0.15, 0.2) is 10.7 Å². The number of hydrogen-bond acceptors (Lipinski definition) is 5. The number of rotatable bonds is 2. The van der Waals surface area contributed by atoms with E-state index in [-0.39, 0.29) is 26.4 Å². The molecule has 9 heteroatoms. The van der Waals surface area contributed by atoms with Gasteiger partial charge in [0.25, 0.3) is 5.91 Å². The van der Waals surface area contributed by atoms with Crippen molar-refractivity contribution in [3.8, 4) is 5.75 Å². The van der Waals surface area contributed by atoms with Gasteiger partial charge in [-0.05, 0) is 18.1 Å². The third kappa shape index (κ3) is 2.60. The molecule has 0 bridgehead atoms. The maximum Gasteiger partial charge on any atom is 0.280 e. The number of phenolic OH excluding ortho intramolecular Hbond substituents is 1. The number of aromatic nitrogens is 2. The number of carbonyl (C=O) groups is 1. The molecule has 0 atom stereocenters. The normalized spacial score (nSPS) is 10.5. The number of nitrogens with zero attached hydrogens (tertiary/aromatic N) is 2. The number of aromatic hydroxyl groups is 1. The average molecular weight is 323 g/mol. The van der Waals surface area contributed by atoms with Crippen molar-refractivity contribution >= 4 is 46.4 Å². The average Bonchev–Trinajstić information content (AvgIpc) is 2.78. The summed E-state index contributed by atoms with van der Waals surface area (Å²) in [5.74, 6) is -1.05. The van der Waals surface area contributed by atoms with Gasteiger partial charge in [-0.15, -0.1) is 0 Å². The van der Waals surface area contributed by atoms with Crippen LogP contribution in [0.4, 0.5) is 5.69 Å². The summed E-state index contributed by atoms with van der Waals surface area (Å²) in [4.78, 5) is 11.9. The molecular weight excluding hydrogens is 316 g/mol. The van der Waals surface area contributed by atoms with Gasteiger partial charge in [0.15, 0.2) is 11.4 Å². The summed E-state index contributed by atoms with van der Waals surface area (Å²) in [6.07, 6.45) is 0. The van der Waals surface area contributed by atoms with Gasteiger partial charge in [-0.2, -0.15) is 0 Å². The lowest BCUT2D eigenvalue weighted by Crippen LogP contribution is -2.14. The predicted octanol–water partition coefficient (Wildman–Crippen LogP) is 3.30. The lowest BCUT2D eigenvalue weighted by Gasteiger charge is -2.10. The Morgan fingerprint density at radius 2 is 2.00 bits per heavy atom. The molecule has 2 N–H and O–H groups in total. The molecule has 2 aromatic rings. The number of phenols is 1. The van der Waals surface area contributed by atoms with E-state index in [2.05, 4.69) is 20.3 Å². The van der Waals surface area contributed by atoms with Crippen molar-refractivity contribution in [2.75, 3.05) is 5.32 Å². The molecule has 0 unspecified atom stereocenters. The number of halogens is 3. The lowest BCUT2D eigenvalue weighted by atomic mass is 10.2. The Morgan fingerprint density at radius 3 is 2.58 bits per heavy atom. The van der Waals surface area contributed by atoms with Crippen LogP contribution in [0.1, 0.15) is 16.2 Å². The predicted molar refractivity (Wildman–Crippen MR) is 70.1 cm³/mol. The highest BCUT2D eigenvalue weighted by atomic mass is 35.5. The molecule has 1 aromatic heterocycles. The molecule has 0 saturated heterocycles. The fraction of sp³-hybridized carbons (Fsp3) is 0.100. The zero-order chi connectivity index (χ0) is 14.2. The molecule has 0 aliphatic carbocycles. The highest BCUT2D eigenvalue weighted by molar-refractivity contribution is 6.46. The summed E-state index contributed by atoms with van der Waals surface area (Å²) in [5, 5.41) is 19.0. The zero-order valence-corrected chi connectivity index (χ0v) is 11.6. The van der Waals surface area contributed by atoms with Gasteiger partial charge in [0.05, 0.1) is 15.1 Å². The summed E-state index contributed by atoms with van der Waals surface area (Å²) < 4.78 is 4.40. The van der Waals surface area contributed by atoms with Crippen molar-refractivity contribution in [2.45, 2.75) is 6.92 Å². The summed E-state index contributed by atoms with van der Waals surface area (Å²) in [7, 11) is 0. The van der Waals surface area contributed by atoms with Gasteiger partial charge in [0.2, 0.25) is 0 Å². The molecule has 0 radical (unpaired) electrons. The van der Waals surface area contributed by atoms with E-state index in [4.69, 9.17) is 34.8 Å². The van der Waals surface area contributed by atoms with Gasteiger partial charge in [-0.1, -0.05) is 40.0 Å². The quantitative estimate of drug-likeness (QED) is 0.654. The van der Waals surface area contributed by atoms with E-state index in [9.17, 15) is 9.90 Å². The molecule has 0 spiro atoms. The van der Waals surface area contributed by atoms with Crippen molar-refractivity contribution in [3.05, 3.63) is 32.5 Å². The highest BCUT2D eigenvalue weighted by Gasteiger charge is 2.21. The van der Waals surface area contributed by atoms with Crippen molar-refractivity contribution < 1.29 is 14.5 Å². The zero-order valence-electron chi connectivity index (χ0n) is 9.37. The Labute approximate surface area is 122 Å². The van der Waals surface area contributed by atoms with E-state index in [0.717, 1.165) is 0 Å². The molecule has 6 nitrogen and oxygen atoms in total. The third-order valence-electron chi connectivity index (χ3n) is 2.25. The van der Waals surface area contributed by atoms with Gasteiger partial charge in [-0.25, -0.2) is 4.63 Å². The van der Waals surface area contributed by atoms with E-state index < -0.39 is 11.7 Å². The van der Waals surface area contributed by atoms with E-state index in [0.29, 0.717) is 5.69 Å². The van der Waals surface area contributed by atoms with Crippen LogP contribution in [-0.2, 0) is 0 Å². The van der Waals surface area contributed by atoms with Gasteiger partial charge in [0, 0.05) is 0 Å². The first-order valence-electron chi connectivity index (χ1n) is 4.88. The summed E-state index contributed by atoms with van der Waals surface area (Å²) >= 11 is 17.4. The van der Waals surface area contributed by atoms with Crippen LogP contribution in [-0.4, -0.2) is 21.3 Å². The summed E-state index contributed by atoms with van der Waals surface area (Å²) in [6.45, 7) is 1.54. The van der Waals surface area contributed by atoms with Crippen LogP contribution in [0.3, 0.4) is 0 Å². The summed E-state index contributed by atoms with van der Waals surface area (Å²) in [5.41, 5.74) is 0.152. The summed E-state index contributed by atoms with van der Waals surface area (Å²) in [6, 6.07) is 1.26. The molecule has 0 fully saturated rings. The maximum absolute atomic E-state index is 11.9. The Morgan fingerprint density at radius 1 is 1.32 bits per heavy atom. The molecular formula is C10H6Cl3N3O3. The van der Waals surface area contributed by atoms with Crippen LogP contribution in [0, 0.1) is 6.92 Å². The first-order chi connectivity index (χ1) is 8.91. The van der Waals surface area contributed by atoms with E-state index >= 15 is 0 Å². The number of amides is 1. The molecule has 1 heterocycles. The van der Waals surface area contributed by atoms with Crippen LogP contribution < -0.4 is 5.32 Å². The van der Waals surface area contributed by atoms with Crippen molar-refractivity contribution in [1.29, 1.82) is 0 Å². The van der Waals surface area contributed by atoms with E-state index in [1.165, 1.54) is 13.0 Å². The second-order valence-corrected chi connectivity index (χ2v) is 4.72. The number of nitrogens with one attached hydrogen (secondary N) is 1. The van der Waals surface area contributed by atoms with E-state index in [1.807, 2.05) is 0 Å². The number of benzene rings is 1. The van der Waals surface area contributed by atoms with Gasteiger partial charge < -0.3 is 10.4 Å². The lowest BCUT2D eigenvalue weighted by molar-refractivity contribution is 0.101. The third-order valence-corrected chi connectivity index (χ3v) is 3.33. The SMILES string of the molecule is Cc1nonc1C(=O)Nc1c(O)c(Cl)cc(Cl)c1Cl. The minimum absolute atomic E-state index is 0.0356. The molecule has 19 heavy (non-hydrogen) atoms. The van der Waals surface area contributed by atoms with Crippen LogP contribution >= 0.6 is 34.8 Å². The number of carbonyl (C=O) groups excluding carboxylic acids is 1. The van der Waals surface area contributed by atoms with Crippen molar-refractivity contribution in [3.63, 3.8) is 0 Å². The Kier molecular flexibility index (Phi) is 3.84. The first kappa shape index (κ1) is 13.9. The Balaban J connectivity index is 2.40. The minimum Gasteiger partial charge on any atom is -0.504 e. The second kappa shape index (κ2) is 5.24. The molecule has 1 aromatic carbocycles. The molecule has 0 aliphatic heterocycles. The number of hydrogen-bond donors (Lipinski definition) is 2. The Bertz CT molecular complexity index is 631. The largest absolute Gasteiger partial charge is 0.504 e. The van der Waals surface area contributed by atoms with Crippen LogP contribution in [0.25, 0.3) is 0 Å². The van der Waals surface area contributed by atoms with Crippen LogP contribution in [0.5, 0.6) is 5.75 Å². The van der Waals surface area contributed by atoms with Crippen LogP contribution in [0.2, 0.25) is 15.1 Å². The molecule has 1 amide bonds. The van der Waals surface area contributed by atoms with E-state index in [1.54, 1.807) is 0 Å². The van der Waals surface area contributed by atoms with Gasteiger partial charge in [0.1, 0.15) is 11.4 Å². The smallest absolute Gasteiger partial charge is 0.280 e. The highest BCUT2D eigenvalue weighted by Crippen LogP contribution is 2.42. The monoisotopic (exact) mass is 321 g/mol. The van der Waals surface area contributed by atoms with Gasteiger partial charge >= 0.3 is 0 Å². The Hall–Kier alpha value is -1.50. The molecule has 0 saturated carbocycles. The maximum atomic E-state index is 11.9. The fourth-order valence-corrected chi connectivity index (χ4v) is 1.96. The first-order valence-corrected chi connectivity index (χ1v) is 6.02. The fourth-order valence-electron chi connectivity index (χ4n) is 1.31. The topological polar surface area (TPSA) is 88.2 Å². The van der Waals surface area contributed by atoms with Crippen molar-refractivity contribution in [1.82, 2.24) is 10.3 Å². The minimum atomic E-state index is -0.658. The molecule has 0 aliphatic rings. The number of anilines is 1. The molecule has 2 rings (SSSR count).